The lowest BCUT2D eigenvalue weighted by Gasteiger charge is -2.05. The Morgan fingerprint density at radius 3 is 2.30 bits per heavy atom. The second-order valence-electron chi connectivity index (χ2n) is 5.18. The maximum absolute atomic E-state index is 4.10. The topological polar surface area (TPSA) is 0 Å². The van der Waals surface area contributed by atoms with Gasteiger partial charge in [-0.15, -0.1) is 5.73 Å². The third-order valence-electron chi connectivity index (χ3n) is 3.52. The van der Waals surface area contributed by atoms with Crippen LogP contribution in [0.2, 0.25) is 0 Å². The lowest BCUT2D eigenvalue weighted by atomic mass is 9.99. The SMILES string of the molecule is C=C/C(=C\C(=C)C(=C)/C=C\C(=C)C1=CC=C=C1)c1ccccc1. The Bertz CT molecular complexity index is 799. The smallest absolute Gasteiger partial charge is 0.0107 e. The van der Waals surface area contributed by atoms with Gasteiger partial charge in [-0.25, -0.2) is 0 Å². The molecule has 0 unspecified atom stereocenters. The van der Waals surface area contributed by atoms with Crippen LogP contribution in [0.15, 0.2) is 127 Å². The van der Waals surface area contributed by atoms with Crippen molar-refractivity contribution in [2.24, 2.45) is 0 Å². The van der Waals surface area contributed by atoms with Crippen molar-refractivity contribution in [3.63, 3.8) is 0 Å². The van der Waals surface area contributed by atoms with E-state index in [1.54, 1.807) is 0 Å². The summed E-state index contributed by atoms with van der Waals surface area (Å²) in [5.41, 5.74) is 8.83. The van der Waals surface area contributed by atoms with Gasteiger partial charge < -0.3 is 0 Å². The van der Waals surface area contributed by atoms with E-state index in [1.165, 1.54) is 0 Å². The van der Waals surface area contributed by atoms with E-state index in [-0.39, 0.29) is 0 Å². The number of hydrogen-bond donors (Lipinski definition) is 0. The van der Waals surface area contributed by atoms with Crippen LogP contribution in [0.3, 0.4) is 0 Å². The Kier molecular flexibility index (Phi) is 5.52. The van der Waals surface area contributed by atoms with E-state index in [0.29, 0.717) is 0 Å². The van der Waals surface area contributed by atoms with E-state index < -0.39 is 0 Å². The van der Waals surface area contributed by atoms with E-state index in [4.69, 9.17) is 0 Å². The average Bonchev–Trinajstić information content (AvgIpc) is 3.12. The predicted molar refractivity (Wildman–Crippen MR) is 102 cm³/mol. The monoisotopic (exact) mass is 296 g/mol. The van der Waals surface area contributed by atoms with Crippen LogP contribution >= 0.6 is 0 Å². The summed E-state index contributed by atoms with van der Waals surface area (Å²) in [7, 11) is 0. The van der Waals surface area contributed by atoms with E-state index in [9.17, 15) is 0 Å². The van der Waals surface area contributed by atoms with Crippen LogP contribution in [0.4, 0.5) is 0 Å². The summed E-state index contributed by atoms with van der Waals surface area (Å²) in [5, 5.41) is 0. The maximum Gasteiger partial charge on any atom is -0.0107 e. The molecule has 0 spiro atoms. The lowest BCUT2D eigenvalue weighted by Crippen LogP contribution is -1.85. The van der Waals surface area contributed by atoms with Crippen molar-refractivity contribution in [1.82, 2.24) is 0 Å². The molecule has 0 radical (unpaired) electrons. The van der Waals surface area contributed by atoms with Gasteiger partial charge in [-0.3, -0.25) is 0 Å². The van der Waals surface area contributed by atoms with Gasteiger partial charge >= 0.3 is 0 Å². The molecule has 0 amide bonds. The van der Waals surface area contributed by atoms with Gasteiger partial charge in [-0.05, 0) is 57.7 Å². The maximum atomic E-state index is 4.10. The Labute approximate surface area is 138 Å². The minimum absolute atomic E-state index is 0.844. The van der Waals surface area contributed by atoms with E-state index in [2.05, 4.69) is 32.0 Å². The molecule has 0 aromatic heterocycles. The van der Waals surface area contributed by atoms with Gasteiger partial charge in [0, 0.05) is 0 Å². The number of allylic oxidation sites excluding steroid dienone is 11. The summed E-state index contributed by atoms with van der Waals surface area (Å²) in [6, 6.07) is 10.1. The Morgan fingerprint density at radius 2 is 1.70 bits per heavy atom. The first-order valence-electron chi connectivity index (χ1n) is 7.39. The number of benzene rings is 1. The fraction of sp³-hybridized carbons (Fsp3) is 0. The highest BCUT2D eigenvalue weighted by molar-refractivity contribution is 5.76. The number of rotatable bonds is 7. The second kappa shape index (κ2) is 7.79. The first-order chi connectivity index (χ1) is 11.1. The molecule has 1 aromatic rings. The van der Waals surface area contributed by atoms with Crippen molar-refractivity contribution in [2.45, 2.75) is 0 Å². The molecule has 0 atom stereocenters. The molecular formula is C23H20. The molecule has 0 bridgehead atoms. The normalized spacial score (nSPS) is 13.2. The zero-order valence-corrected chi connectivity index (χ0v) is 13.3. The Balaban J connectivity index is 2.08. The summed E-state index contributed by atoms with van der Waals surface area (Å²) in [5.74, 6) is 0. The van der Waals surface area contributed by atoms with E-state index >= 15 is 0 Å². The number of hydrogen-bond acceptors (Lipinski definition) is 0. The van der Waals surface area contributed by atoms with Gasteiger partial charge in [-0.2, -0.15) is 0 Å². The van der Waals surface area contributed by atoms with Gasteiger partial charge in [0.1, 0.15) is 0 Å². The highest BCUT2D eigenvalue weighted by Crippen LogP contribution is 2.21. The van der Waals surface area contributed by atoms with Gasteiger partial charge in [-0.1, -0.05) is 74.9 Å². The molecule has 1 aliphatic rings. The van der Waals surface area contributed by atoms with Crippen molar-refractivity contribution < 1.29 is 0 Å². The van der Waals surface area contributed by atoms with Crippen LogP contribution in [-0.4, -0.2) is 0 Å². The van der Waals surface area contributed by atoms with E-state index in [1.807, 2.05) is 72.9 Å². The molecule has 0 fully saturated rings. The molecule has 0 saturated heterocycles. The molecule has 23 heavy (non-hydrogen) atoms. The van der Waals surface area contributed by atoms with Gasteiger partial charge in [0.15, 0.2) is 0 Å². The Morgan fingerprint density at radius 1 is 0.957 bits per heavy atom. The largest absolute Gasteiger partial charge is 0.120 e. The van der Waals surface area contributed by atoms with Gasteiger partial charge in [0.2, 0.25) is 0 Å². The van der Waals surface area contributed by atoms with Crippen LogP contribution in [0, 0.1) is 0 Å². The fourth-order valence-corrected chi connectivity index (χ4v) is 2.10. The van der Waals surface area contributed by atoms with Crippen LogP contribution in [0.25, 0.3) is 5.57 Å². The zero-order chi connectivity index (χ0) is 16.7. The van der Waals surface area contributed by atoms with Crippen molar-refractivity contribution in [1.29, 1.82) is 0 Å². The molecule has 1 aromatic carbocycles. The van der Waals surface area contributed by atoms with Crippen molar-refractivity contribution in [2.75, 3.05) is 0 Å². The molecule has 0 aliphatic heterocycles. The zero-order valence-electron chi connectivity index (χ0n) is 13.3. The fourth-order valence-electron chi connectivity index (χ4n) is 2.10. The standard InChI is InChI=1S/C23H20/c1-5-21(23-13-7-6-8-14-23)17-20(4)18(2)15-16-19(3)22-11-9-10-12-22/h5-9,11-17H,1-4H2/b16-15-,21-17+. The van der Waals surface area contributed by atoms with Crippen LogP contribution in [0.5, 0.6) is 0 Å². The summed E-state index contributed by atoms with van der Waals surface area (Å²) in [6.07, 6.45) is 13.5. The van der Waals surface area contributed by atoms with Gasteiger partial charge in [0.25, 0.3) is 0 Å². The molecule has 1 aliphatic carbocycles. The summed E-state index contributed by atoms with van der Waals surface area (Å²) in [6.45, 7) is 16.1. The van der Waals surface area contributed by atoms with E-state index in [0.717, 1.165) is 33.4 Å². The first kappa shape index (κ1) is 16.3. The van der Waals surface area contributed by atoms with Crippen LogP contribution in [-0.2, 0) is 0 Å². The molecule has 0 nitrogen and oxygen atoms in total. The molecule has 0 N–H and O–H groups in total. The van der Waals surface area contributed by atoms with Gasteiger partial charge in [0.05, 0.1) is 0 Å². The van der Waals surface area contributed by atoms with Crippen molar-refractivity contribution in [3.8, 4) is 0 Å². The minimum Gasteiger partial charge on any atom is -0.120 e. The summed E-state index contributed by atoms with van der Waals surface area (Å²) < 4.78 is 0. The molecule has 0 heterocycles. The molecular weight excluding hydrogens is 276 g/mol. The average molecular weight is 296 g/mol. The van der Waals surface area contributed by atoms with Crippen molar-refractivity contribution >= 4 is 5.57 Å². The first-order valence-corrected chi connectivity index (χ1v) is 7.39. The highest BCUT2D eigenvalue weighted by atomic mass is 14.1. The third-order valence-corrected chi connectivity index (χ3v) is 3.52. The molecule has 0 saturated carbocycles. The van der Waals surface area contributed by atoms with Crippen LogP contribution < -0.4 is 0 Å². The summed E-state index contributed by atoms with van der Waals surface area (Å²) in [4.78, 5) is 0. The minimum atomic E-state index is 0.844. The molecule has 112 valence electrons. The summed E-state index contributed by atoms with van der Waals surface area (Å²) >= 11 is 0. The third kappa shape index (κ3) is 4.44. The second-order valence-corrected chi connectivity index (χ2v) is 5.18. The van der Waals surface area contributed by atoms with Crippen LogP contribution in [0.1, 0.15) is 5.56 Å². The predicted octanol–water partition coefficient (Wildman–Crippen LogP) is 6.13. The molecule has 2 rings (SSSR count). The quantitative estimate of drug-likeness (QED) is 0.419. The molecule has 0 heteroatoms. The lowest BCUT2D eigenvalue weighted by molar-refractivity contribution is 1.54. The van der Waals surface area contributed by atoms with Crippen molar-refractivity contribution in [3.05, 3.63) is 133 Å². The Hall–Kier alpha value is -3.08. The highest BCUT2D eigenvalue weighted by Gasteiger charge is 2.01.